The van der Waals surface area contributed by atoms with Gasteiger partial charge in [0.25, 0.3) is 0 Å². The molecule has 2 rings (SSSR count). The SMILES string of the molecule is COc1ccc(C(c2c(OC)ccc(OC)c2NC(=O)C(C)(C)C)C(C(=O)OC(C)C)C(=O)OC(C)C)cc1. The Morgan fingerprint density at radius 3 is 1.62 bits per heavy atom. The second-order valence-corrected chi connectivity index (χ2v) is 10.7. The zero-order valence-corrected chi connectivity index (χ0v) is 24.5. The monoisotopic (exact) mass is 543 g/mol. The van der Waals surface area contributed by atoms with Crippen LogP contribution < -0.4 is 19.5 Å². The first-order chi connectivity index (χ1) is 18.2. The molecule has 2 aromatic carbocycles. The van der Waals surface area contributed by atoms with E-state index in [4.69, 9.17) is 23.7 Å². The third-order valence-electron chi connectivity index (χ3n) is 5.86. The molecule has 0 spiro atoms. The van der Waals surface area contributed by atoms with Gasteiger partial charge in [0.1, 0.15) is 17.2 Å². The maximum Gasteiger partial charge on any atom is 0.321 e. The highest BCUT2D eigenvalue weighted by Gasteiger charge is 2.43. The Morgan fingerprint density at radius 1 is 0.718 bits per heavy atom. The Bertz CT molecular complexity index is 1130. The lowest BCUT2D eigenvalue weighted by atomic mass is 9.78. The number of carbonyl (C=O) groups excluding carboxylic acids is 3. The van der Waals surface area contributed by atoms with Gasteiger partial charge < -0.3 is 29.0 Å². The fourth-order valence-corrected chi connectivity index (χ4v) is 3.98. The number of methoxy groups -OCH3 is 3. The van der Waals surface area contributed by atoms with Gasteiger partial charge in [0.2, 0.25) is 5.91 Å². The van der Waals surface area contributed by atoms with Gasteiger partial charge in [-0.3, -0.25) is 14.4 Å². The van der Waals surface area contributed by atoms with Crippen molar-refractivity contribution in [2.75, 3.05) is 26.6 Å². The summed E-state index contributed by atoms with van der Waals surface area (Å²) in [5, 5.41) is 2.96. The van der Waals surface area contributed by atoms with Gasteiger partial charge in [-0.1, -0.05) is 32.9 Å². The second kappa shape index (κ2) is 13.4. The van der Waals surface area contributed by atoms with E-state index in [-0.39, 0.29) is 11.6 Å². The molecule has 9 nitrogen and oxygen atoms in total. The molecule has 0 aliphatic rings. The first kappa shape index (κ1) is 31.5. The molecule has 1 amide bonds. The van der Waals surface area contributed by atoms with Crippen LogP contribution in [0.3, 0.4) is 0 Å². The van der Waals surface area contributed by atoms with E-state index in [0.29, 0.717) is 28.4 Å². The van der Waals surface area contributed by atoms with Crippen molar-refractivity contribution in [1.82, 2.24) is 0 Å². The van der Waals surface area contributed by atoms with E-state index >= 15 is 0 Å². The zero-order chi connectivity index (χ0) is 29.5. The third kappa shape index (κ3) is 7.88. The molecule has 0 radical (unpaired) electrons. The smallest absolute Gasteiger partial charge is 0.321 e. The molecule has 0 aromatic heterocycles. The van der Waals surface area contributed by atoms with Crippen LogP contribution >= 0.6 is 0 Å². The molecule has 0 saturated heterocycles. The summed E-state index contributed by atoms with van der Waals surface area (Å²) >= 11 is 0. The van der Waals surface area contributed by atoms with Gasteiger partial charge in [0.15, 0.2) is 5.92 Å². The molecular weight excluding hydrogens is 502 g/mol. The van der Waals surface area contributed by atoms with Gasteiger partial charge in [0, 0.05) is 16.9 Å². The van der Waals surface area contributed by atoms with Crippen LogP contribution in [0.1, 0.15) is 65.5 Å². The predicted octanol–water partition coefficient (Wildman–Crippen LogP) is 5.35. The summed E-state index contributed by atoms with van der Waals surface area (Å²) in [7, 11) is 4.48. The minimum absolute atomic E-state index is 0.275. The van der Waals surface area contributed by atoms with Gasteiger partial charge in [-0.2, -0.15) is 0 Å². The van der Waals surface area contributed by atoms with E-state index < -0.39 is 41.4 Å². The number of esters is 2. The maximum atomic E-state index is 13.6. The van der Waals surface area contributed by atoms with E-state index in [9.17, 15) is 14.4 Å². The molecule has 0 aliphatic heterocycles. The summed E-state index contributed by atoms with van der Waals surface area (Å²) in [6, 6.07) is 10.3. The molecular formula is C30H41NO8. The second-order valence-electron chi connectivity index (χ2n) is 10.7. The number of carbonyl (C=O) groups is 3. The lowest BCUT2D eigenvalue weighted by molar-refractivity contribution is -0.167. The van der Waals surface area contributed by atoms with Crippen LogP contribution in [-0.4, -0.2) is 51.4 Å². The number of benzene rings is 2. The van der Waals surface area contributed by atoms with Crippen LogP contribution in [0.15, 0.2) is 36.4 Å². The van der Waals surface area contributed by atoms with Crippen LogP contribution in [0, 0.1) is 11.3 Å². The Balaban J connectivity index is 2.99. The quantitative estimate of drug-likeness (QED) is 0.298. The van der Waals surface area contributed by atoms with Crippen LogP contribution in [0.25, 0.3) is 0 Å². The molecule has 2 aromatic rings. The van der Waals surface area contributed by atoms with Gasteiger partial charge >= 0.3 is 11.9 Å². The molecule has 1 unspecified atom stereocenters. The molecule has 0 aliphatic carbocycles. The summed E-state index contributed by atoms with van der Waals surface area (Å²) in [6.45, 7) is 12.1. The molecule has 1 N–H and O–H groups in total. The number of nitrogens with one attached hydrogen (secondary N) is 1. The highest BCUT2D eigenvalue weighted by Crippen LogP contribution is 2.47. The summed E-state index contributed by atoms with van der Waals surface area (Å²) in [5.41, 5.74) is 0.455. The van der Waals surface area contributed by atoms with E-state index in [0.717, 1.165) is 0 Å². The Labute approximate surface area is 231 Å². The van der Waals surface area contributed by atoms with Gasteiger partial charge in [-0.15, -0.1) is 0 Å². The molecule has 1 atom stereocenters. The van der Waals surface area contributed by atoms with Gasteiger partial charge in [-0.05, 0) is 57.5 Å². The lowest BCUT2D eigenvalue weighted by Crippen LogP contribution is -2.37. The topological polar surface area (TPSA) is 109 Å². The molecule has 0 fully saturated rings. The minimum Gasteiger partial charge on any atom is -0.497 e. The van der Waals surface area contributed by atoms with Gasteiger partial charge in [0.05, 0.1) is 39.2 Å². The number of anilines is 1. The number of hydrogen-bond donors (Lipinski definition) is 1. The van der Waals surface area contributed by atoms with E-state index in [2.05, 4.69) is 5.32 Å². The first-order valence-electron chi connectivity index (χ1n) is 12.9. The average molecular weight is 544 g/mol. The van der Waals surface area contributed by atoms with Crippen LogP contribution in [0.5, 0.6) is 17.2 Å². The third-order valence-corrected chi connectivity index (χ3v) is 5.86. The summed E-state index contributed by atoms with van der Waals surface area (Å²) < 4.78 is 27.8. The zero-order valence-electron chi connectivity index (χ0n) is 24.5. The molecule has 0 heterocycles. The highest BCUT2D eigenvalue weighted by atomic mass is 16.6. The normalized spacial score (nSPS) is 12.2. The summed E-state index contributed by atoms with van der Waals surface area (Å²) in [6.07, 6.45) is -0.980. The molecule has 39 heavy (non-hydrogen) atoms. The maximum absolute atomic E-state index is 13.6. The number of amides is 1. The van der Waals surface area contributed by atoms with E-state index in [1.165, 1.54) is 14.2 Å². The van der Waals surface area contributed by atoms with Crippen molar-refractivity contribution in [3.05, 3.63) is 47.5 Å². The molecule has 9 heteroatoms. The van der Waals surface area contributed by atoms with Crippen LogP contribution in [-0.2, 0) is 23.9 Å². The van der Waals surface area contributed by atoms with Crippen LogP contribution in [0.4, 0.5) is 5.69 Å². The lowest BCUT2D eigenvalue weighted by Gasteiger charge is -2.31. The fourth-order valence-electron chi connectivity index (χ4n) is 3.98. The molecule has 0 saturated carbocycles. The van der Waals surface area contributed by atoms with E-state index in [1.54, 1.807) is 92.0 Å². The van der Waals surface area contributed by atoms with Crippen molar-refractivity contribution in [3.63, 3.8) is 0 Å². The van der Waals surface area contributed by atoms with Crippen molar-refractivity contribution in [3.8, 4) is 17.2 Å². The molecule has 214 valence electrons. The van der Waals surface area contributed by atoms with E-state index in [1.807, 2.05) is 0 Å². The Hall–Kier alpha value is -3.75. The number of ether oxygens (including phenoxy) is 5. The first-order valence-corrected chi connectivity index (χ1v) is 12.9. The fraction of sp³-hybridized carbons (Fsp3) is 0.500. The predicted molar refractivity (Wildman–Crippen MR) is 148 cm³/mol. The molecule has 0 bridgehead atoms. The Kier molecular flexibility index (Phi) is 10.8. The summed E-state index contributed by atoms with van der Waals surface area (Å²) in [4.78, 5) is 40.5. The number of rotatable bonds is 11. The van der Waals surface area contributed by atoms with Crippen molar-refractivity contribution in [2.24, 2.45) is 11.3 Å². The van der Waals surface area contributed by atoms with Crippen molar-refractivity contribution in [1.29, 1.82) is 0 Å². The Morgan fingerprint density at radius 2 is 1.21 bits per heavy atom. The van der Waals surface area contributed by atoms with Crippen molar-refractivity contribution in [2.45, 2.75) is 66.6 Å². The number of hydrogen-bond acceptors (Lipinski definition) is 8. The minimum atomic E-state index is -1.44. The van der Waals surface area contributed by atoms with Crippen molar-refractivity contribution < 1.29 is 38.1 Å². The largest absolute Gasteiger partial charge is 0.497 e. The highest BCUT2D eigenvalue weighted by molar-refractivity contribution is 6.00. The average Bonchev–Trinajstić information content (AvgIpc) is 2.85. The van der Waals surface area contributed by atoms with Crippen LogP contribution in [0.2, 0.25) is 0 Å². The summed E-state index contributed by atoms with van der Waals surface area (Å²) in [5.74, 6) is -3.01. The standard InChI is InChI=1S/C30H41NO8/c1-17(2)38-27(32)25(28(33)39-18(3)4)23(19-11-13-20(35-8)14-12-19)24-21(36-9)15-16-22(37-10)26(24)31-29(34)30(5,6)7/h11-18,23,25H,1-10H3,(H,31,34). The van der Waals surface area contributed by atoms with Gasteiger partial charge in [-0.25, -0.2) is 0 Å². The van der Waals surface area contributed by atoms with Crippen molar-refractivity contribution >= 4 is 23.5 Å².